The van der Waals surface area contributed by atoms with Crippen LogP contribution in [0.2, 0.25) is 0 Å². The number of sulfonamides is 1. The SMILES string of the molecule is CCC(CC)N(C)S(=O)(=O)c1cnccc1N. The average Bonchev–Trinajstić information content (AvgIpc) is 2.30. The Morgan fingerprint density at radius 3 is 2.47 bits per heavy atom. The zero-order valence-corrected chi connectivity index (χ0v) is 11.2. The van der Waals surface area contributed by atoms with Crippen molar-refractivity contribution in [3.05, 3.63) is 18.5 Å². The second-order valence-electron chi connectivity index (χ2n) is 3.91. The minimum absolute atomic E-state index is 0.0143. The Bertz CT molecular complexity index is 469. The predicted octanol–water partition coefficient (Wildman–Crippen LogP) is 1.47. The number of hydrogen-bond acceptors (Lipinski definition) is 4. The zero-order valence-electron chi connectivity index (χ0n) is 10.4. The molecule has 0 aliphatic rings. The van der Waals surface area contributed by atoms with Crippen LogP contribution in [0.4, 0.5) is 5.69 Å². The summed E-state index contributed by atoms with van der Waals surface area (Å²) in [7, 11) is -1.96. The molecular weight excluding hydrogens is 238 g/mol. The van der Waals surface area contributed by atoms with Gasteiger partial charge in [-0.2, -0.15) is 4.31 Å². The van der Waals surface area contributed by atoms with Crippen LogP contribution in [0, 0.1) is 0 Å². The molecule has 0 saturated carbocycles. The summed E-state index contributed by atoms with van der Waals surface area (Å²) in [4.78, 5) is 3.90. The van der Waals surface area contributed by atoms with Crippen LogP contribution in [-0.4, -0.2) is 30.8 Å². The summed E-state index contributed by atoms with van der Waals surface area (Å²) in [6, 6.07) is 1.48. The second kappa shape index (κ2) is 5.46. The molecule has 0 unspecified atom stereocenters. The minimum atomic E-state index is -3.55. The highest BCUT2D eigenvalue weighted by molar-refractivity contribution is 7.89. The Morgan fingerprint density at radius 1 is 1.41 bits per heavy atom. The van der Waals surface area contributed by atoms with Crippen molar-refractivity contribution in [1.82, 2.24) is 9.29 Å². The van der Waals surface area contributed by atoms with Crippen molar-refractivity contribution in [3.8, 4) is 0 Å². The van der Waals surface area contributed by atoms with Crippen molar-refractivity contribution >= 4 is 15.7 Å². The molecular formula is C11H19N3O2S. The summed E-state index contributed by atoms with van der Waals surface area (Å²) in [5.74, 6) is 0. The van der Waals surface area contributed by atoms with Gasteiger partial charge in [-0.25, -0.2) is 8.42 Å². The van der Waals surface area contributed by atoms with Crippen molar-refractivity contribution in [3.63, 3.8) is 0 Å². The molecule has 2 N–H and O–H groups in total. The van der Waals surface area contributed by atoms with Crippen LogP contribution in [0.15, 0.2) is 23.4 Å². The van der Waals surface area contributed by atoms with Crippen LogP contribution in [0.25, 0.3) is 0 Å². The van der Waals surface area contributed by atoms with Crippen molar-refractivity contribution < 1.29 is 8.42 Å². The highest BCUT2D eigenvalue weighted by Crippen LogP contribution is 2.23. The van der Waals surface area contributed by atoms with Gasteiger partial charge in [0.05, 0.1) is 5.69 Å². The molecule has 0 fully saturated rings. The minimum Gasteiger partial charge on any atom is -0.398 e. The van der Waals surface area contributed by atoms with E-state index in [9.17, 15) is 8.42 Å². The Kier molecular flexibility index (Phi) is 4.47. The van der Waals surface area contributed by atoms with Gasteiger partial charge in [0.1, 0.15) is 4.90 Å². The number of rotatable bonds is 5. The van der Waals surface area contributed by atoms with Gasteiger partial charge in [-0.15, -0.1) is 0 Å². The van der Waals surface area contributed by atoms with E-state index in [0.717, 1.165) is 12.8 Å². The highest BCUT2D eigenvalue weighted by Gasteiger charge is 2.27. The molecule has 0 saturated heterocycles. The molecule has 1 rings (SSSR count). The van der Waals surface area contributed by atoms with Gasteiger partial charge in [-0.3, -0.25) is 4.98 Å². The lowest BCUT2D eigenvalue weighted by molar-refractivity contribution is 0.350. The van der Waals surface area contributed by atoms with Gasteiger partial charge < -0.3 is 5.73 Å². The van der Waals surface area contributed by atoms with E-state index in [2.05, 4.69) is 4.98 Å². The van der Waals surface area contributed by atoms with Crippen molar-refractivity contribution in [2.24, 2.45) is 0 Å². The van der Waals surface area contributed by atoms with E-state index in [1.165, 1.54) is 22.8 Å². The maximum Gasteiger partial charge on any atom is 0.246 e. The fourth-order valence-corrected chi connectivity index (χ4v) is 3.32. The number of nitrogen functional groups attached to an aromatic ring is 1. The summed E-state index contributed by atoms with van der Waals surface area (Å²) in [5, 5.41) is 0. The second-order valence-corrected chi connectivity index (χ2v) is 5.87. The highest BCUT2D eigenvalue weighted by atomic mass is 32.2. The molecule has 6 heteroatoms. The largest absolute Gasteiger partial charge is 0.398 e. The van der Waals surface area contributed by atoms with Gasteiger partial charge >= 0.3 is 0 Å². The standard InChI is InChI=1S/C11H19N3O2S/c1-4-9(5-2)14(3)17(15,16)11-8-13-7-6-10(11)12/h6-9H,4-5H2,1-3H3,(H2,12,13). The lowest BCUT2D eigenvalue weighted by Gasteiger charge is -2.25. The van der Waals surface area contributed by atoms with Crippen LogP contribution in [0.5, 0.6) is 0 Å². The molecule has 5 nitrogen and oxygen atoms in total. The number of nitrogens with two attached hydrogens (primary N) is 1. The number of aromatic nitrogens is 1. The average molecular weight is 257 g/mol. The topological polar surface area (TPSA) is 76.3 Å². The van der Waals surface area contributed by atoms with E-state index in [1.54, 1.807) is 7.05 Å². The Hall–Kier alpha value is -1.14. The first kappa shape index (κ1) is 13.9. The molecule has 0 amide bonds. The molecule has 0 spiro atoms. The fraction of sp³-hybridized carbons (Fsp3) is 0.545. The van der Waals surface area contributed by atoms with E-state index >= 15 is 0 Å². The smallest absolute Gasteiger partial charge is 0.246 e. The molecule has 0 bridgehead atoms. The first-order chi connectivity index (χ1) is 7.95. The number of pyridine rings is 1. The quantitative estimate of drug-likeness (QED) is 0.866. The van der Waals surface area contributed by atoms with Gasteiger partial charge in [-0.05, 0) is 18.9 Å². The fourth-order valence-electron chi connectivity index (χ4n) is 1.76. The van der Waals surface area contributed by atoms with Crippen molar-refractivity contribution in [2.45, 2.75) is 37.6 Å². The molecule has 0 atom stereocenters. The molecule has 1 aromatic heterocycles. The van der Waals surface area contributed by atoms with Crippen molar-refractivity contribution in [1.29, 1.82) is 0 Å². The monoisotopic (exact) mass is 257 g/mol. The lowest BCUT2D eigenvalue weighted by atomic mass is 10.2. The summed E-state index contributed by atoms with van der Waals surface area (Å²) < 4.78 is 26.0. The molecule has 96 valence electrons. The van der Waals surface area contributed by atoms with Gasteiger partial charge in [0.25, 0.3) is 0 Å². The first-order valence-electron chi connectivity index (χ1n) is 5.62. The Morgan fingerprint density at radius 2 is 2.00 bits per heavy atom. The number of hydrogen-bond donors (Lipinski definition) is 1. The third kappa shape index (κ3) is 2.76. The van der Waals surface area contributed by atoms with Crippen LogP contribution in [0.3, 0.4) is 0 Å². The molecule has 0 aliphatic heterocycles. The number of nitrogens with zero attached hydrogens (tertiary/aromatic N) is 2. The third-order valence-electron chi connectivity index (χ3n) is 2.93. The lowest BCUT2D eigenvalue weighted by Crippen LogP contribution is -2.36. The molecule has 1 aromatic rings. The Balaban J connectivity index is 3.16. The molecule has 1 heterocycles. The van der Waals surface area contributed by atoms with E-state index < -0.39 is 10.0 Å². The first-order valence-corrected chi connectivity index (χ1v) is 7.06. The van der Waals surface area contributed by atoms with Crippen LogP contribution >= 0.6 is 0 Å². The summed E-state index contributed by atoms with van der Waals surface area (Å²) in [5.41, 5.74) is 5.92. The molecule has 17 heavy (non-hydrogen) atoms. The van der Waals surface area contributed by atoms with E-state index in [1.807, 2.05) is 13.8 Å². The molecule has 0 aliphatic carbocycles. The maximum absolute atomic E-state index is 12.3. The molecule has 0 radical (unpaired) electrons. The van der Waals surface area contributed by atoms with Gasteiger partial charge in [0, 0.05) is 25.5 Å². The van der Waals surface area contributed by atoms with Gasteiger partial charge in [-0.1, -0.05) is 13.8 Å². The van der Waals surface area contributed by atoms with Crippen LogP contribution in [-0.2, 0) is 10.0 Å². The summed E-state index contributed by atoms with van der Waals surface area (Å²) >= 11 is 0. The van der Waals surface area contributed by atoms with Gasteiger partial charge in [0.2, 0.25) is 10.0 Å². The predicted molar refractivity (Wildman–Crippen MR) is 68.0 cm³/mol. The van der Waals surface area contributed by atoms with Gasteiger partial charge in [0.15, 0.2) is 0 Å². The van der Waals surface area contributed by atoms with E-state index in [0.29, 0.717) is 0 Å². The van der Waals surface area contributed by atoms with Crippen LogP contribution < -0.4 is 5.73 Å². The third-order valence-corrected chi connectivity index (χ3v) is 4.88. The maximum atomic E-state index is 12.3. The normalized spacial score (nSPS) is 12.3. The van der Waals surface area contributed by atoms with Crippen LogP contribution in [0.1, 0.15) is 26.7 Å². The van der Waals surface area contributed by atoms with E-state index in [-0.39, 0.29) is 16.6 Å². The Labute approximate surface area is 103 Å². The van der Waals surface area contributed by atoms with E-state index in [4.69, 9.17) is 5.73 Å². The van der Waals surface area contributed by atoms with Crippen molar-refractivity contribution in [2.75, 3.05) is 12.8 Å². The summed E-state index contributed by atoms with van der Waals surface area (Å²) in [6.45, 7) is 3.93. The molecule has 0 aromatic carbocycles. The summed E-state index contributed by atoms with van der Waals surface area (Å²) in [6.07, 6.45) is 4.31. The number of anilines is 1. The zero-order chi connectivity index (χ0) is 13.1.